The molecule has 1 atom stereocenters. The quantitative estimate of drug-likeness (QED) is 0.105. The molecule has 4 heterocycles. The third kappa shape index (κ3) is 13.1. The van der Waals surface area contributed by atoms with Crippen molar-refractivity contribution >= 4 is 87.0 Å². The van der Waals surface area contributed by atoms with Crippen LogP contribution < -0.4 is 0 Å². The largest absolute Gasteiger partial charge is 0.456 e. The van der Waals surface area contributed by atoms with E-state index in [1.165, 1.54) is 57.3 Å². The molecule has 0 fully saturated rings. The van der Waals surface area contributed by atoms with E-state index < -0.39 is 0 Å². The molecule has 8 nitrogen and oxygen atoms in total. The van der Waals surface area contributed by atoms with Crippen LogP contribution in [-0.2, 0) is 28.1 Å². The first-order valence-corrected chi connectivity index (χ1v) is 43.6. The molecule has 9 heteroatoms. The van der Waals surface area contributed by atoms with E-state index >= 15 is 0 Å². The highest BCUT2D eigenvalue weighted by atomic mass is 19.1. The first-order chi connectivity index (χ1) is 60.8. The maximum absolute atomic E-state index is 14.7. The Hall–Kier alpha value is -14.7. The molecular formula is C116H87FN6O2. The molecule has 23 rings (SSSR count). The Morgan fingerprint density at radius 1 is 0.248 bits per heavy atom. The lowest BCUT2D eigenvalue weighted by Gasteiger charge is -2.44. The number of furan rings is 2. The Labute approximate surface area is 724 Å². The predicted molar refractivity (Wildman–Crippen MR) is 513 cm³/mol. The van der Waals surface area contributed by atoms with Crippen molar-refractivity contribution in [2.45, 2.75) is 102 Å². The van der Waals surface area contributed by atoms with Crippen LogP contribution in [0.4, 0.5) is 4.39 Å². The molecule has 0 amide bonds. The molecule has 0 saturated carbocycles. The van der Waals surface area contributed by atoms with Gasteiger partial charge in [0.15, 0.2) is 34.9 Å². The van der Waals surface area contributed by atoms with E-state index in [0.29, 0.717) is 46.1 Å². The van der Waals surface area contributed by atoms with Crippen molar-refractivity contribution in [3.05, 3.63) is 373 Å². The first kappa shape index (κ1) is 75.3. The fourth-order valence-electron chi connectivity index (χ4n) is 20.4. The van der Waals surface area contributed by atoms with E-state index in [2.05, 4.69) is 340 Å². The van der Waals surface area contributed by atoms with Gasteiger partial charge in [-0.25, -0.2) is 34.3 Å². The van der Waals surface area contributed by atoms with Gasteiger partial charge in [0.25, 0.3) is 0 Å². The molecular weight excluding hydrogens is 1530 g/mol. The van der Waals surface area contributed by atoms with Crippen LogP contribution in [0.2, 0.25) is 0 Å². The summed E-state index contributed by atoms with van der Waals surface area (Å²) in [6.07, 6.45) is 5.22. The number of aromatic nitrogens is 6. The second kappa shape index (κ2) is 29.0. The maximum Gasteiger partial charge on any atom is 0.164 e. The summed E-state index contributed by atoms with van der Waals surface area (Å²) in [7, 11) is 0. The summed E-state index contributed by atoms with van der Waals surface area (Å²) >= 11 is 0. The number of rotatable bonds is 13. The molecule has 1 unspecified atom stereocenters. The summed E-state index contributed by atoms with van der Waals surface area (Å²) in [4.78, 5) is 32.7. The fraction of sp³-hybridized carbons (Fsp3) is 0.138. The Morgan fingerprint density at radius 2 is 0.688 bits per heavy atom. The lowest BCUT2D eigenvalue weighted by Crippen LogP contribution is -2.37. The molecule has 2 aliphatic rings. The average Bonchev–Trinajstić information content (AvgIpc) is 1.65. The summed E-state index contributed by atoms with van der Waals surface area (Å²) in [5.74, 6) is 2.83. The monoisotopic (exact) mass is 1610 g/mol. The standard InChI is InChI=1S/C116H87FN6O2/c1-113(2)53-54-114(3,4)100-65-77(47-51-98(100)113)75-27-22-29-79(59-75)93-63-83(64-94-90-35-17-19-37-102(90)125-106(93)94)109-118-107(72-43-41-71(42-44-72)70-23-9-8-10-24-70)119-110(122-109)96-61-81-40-39-69(57-92(81)87-32-14-16-34-89(87)96)68-116(7)56-55-115(5,6)101-66-78(48-52-99(101)116)74-26-21-28-76(58-74)82-62-97(105-91-36-18-20-38-103(91)124-104(105)67-82)112-121-108(73-45-49-84(117)50-46-73)120-111(123-112)95-60-80-25-11-12-30-85(80)86-31-13-15-33-88(86)95/h8-52,57-67H,53-56,68H2,1-7H3. The summed E-state index contributed by atoms with van der Waals surface area (Å²) in [6, 6.07) is 120. The van der Waals surface area contributed by atoms with E-state index in [0.717, 1.165) is 180 Å². The van der Waals surface area contributed by atoms with Crippen molar-refractivity contribution in [3.8, 4) is 124 Å². The molecule has 0 bridgehead atoms. The normalized spacial score (nSPS) is 15.3. The summed E-state index contributed by atoms with van der Waals surface area (Å²) in [6.45, 7) is 16.9. The van der Waals surface area contributed by atoms with Crippen molar-refractivity contribution in [3.63, 3.8) is 0 Å². The van der Waals surface area contributed by atoms with Crippen molar-refractivity contribution < 1.29 is 13.2 Å². The first-order valence-electron chi connectivity index (χ1n) is 43.6. The molecule has 0 radical (unpaired) electrons. The molecule has 125 heavy (non-hydrogen) atoms. The van der Waals surface area contributed by atoms with Gasteiger partial charge in [0.05, 0.1) is 0 Å². The zero-order valence-corrected chi connectivity index (χ0v) is 70.7. The van der Waals surface area contributed by atoms with Crippen molar-refractivity contribution in [2.24, 2.45) is 0 Å². The van der Waals surface area contributed by atoms with Gasteiger partial charge in [-0.2, -0.15) is 0 Å². The minimum atomic E-state index is -0.338. The molecule has 17 aromatic carbocycles. The Kier molecular flexibility index (Phi) is 17.5. The van der Waals surface area contributed by atoms with Crippen LogP contribution in [0.25, 0.3) is 211 Å². The highest BCUT2D eigenvalue weighted by molar-refractivity contribution is 6.17. The molecule has 2 aliphatic carbocycles. The predicted octanol–water partition coefficient (Wildman–Crippen LogP) is 30.9. The Morgan fingerprint density at radius 3 is 1.35 bits per heavy atom. The van der Waals surface area contributed by atoms with E-state index in [4.69, 9.17) is 38.7 Å². The van der Waals surface area contributed by atoms with E-state index in [-0.39, 0.29) is 27.5 Å². The van der Waals surface area contributed by atoms with Gasteiger partial charge in [-0.1, -0.05) is 303 Å². The second-order valence-electron chi connectivity index (χ2n) is 36.8. The number of hydrogen-bond acceptors (Lipinski definition) is 8. The highest BCUT2D eigenvalue weighted by Crippen LogP contribution is 2.52. The van der Waals surface area contributed by atoms with Crippen molar-refractivity contribution in [1.82, 2.24) is 29.9 Å². The number of halogens is 1. The summed E-state index contributed by atoms with van der Waals surface area (Å²) < 4.78 is 28.5. The molecule has 21 aromatic rings. The van der Waals surface area contributed by atoms with Gasteiger partial charge in [0.1, 0.15) is 28.1 Å². The average molecular weight is 1620 g/mol. The minimum absolute atomic E-state index is 0.0654. The third-order valence-corrected chi connectivity index (χ3v) is 27.4. The van der Waals surface area contributed by atoms with Gasteiger partial charge in [-0.15, -0.1) is 0 Å². The minimum Gasteiger partial charge on any atom is -0.456 e. The zero-order valence-electron chi connectivity index (χ0n) is 70.7. The summed E-state index contributed by atoms with van der Waals surface area (Å²) in [5, 5.41) is 12.7. The van der Waals surface area contributed by atoms with E-state index in [1.54, 1.807) is 12.1 Å². The maximum atomic E-state index is 14.7. The van der Waals surface area contributed by atoms with Crippen molar-refractivity contribution in [1.29, 1.82) is 0 Å². The number of para-hydroxylation sites is 2. The second-order valence-corrected chi connectivity index (χ2v) is 36.8. The van der Waals surface area contributed by atoms with Crippen LogP contribution in [0.15, 0.2) is 349 Å². The SMILES string of the molecule is CC1(C)CCC(C)(C)c2cc(-c3cccc(-c4cc(-c5nc(-c6ccc(-c7ccccc7)cc6)nc(-c6cc7ccc(CC8(C)CCC(C)(C)c9cc(-c%10cccc(-c%11cc(-c%12nc(-c%13ccc(F)cc%13)nc(-c%13cc%14ccccc%14c%14ccccc%13%14)n%12)c%12c(c%11)oc%11ccccc%11%12)c%10)ccc98)cc7c7ccccc67)n5)cc5c4oc4ccccc45)c3)ccc21. The topological polar surface area (TPSA) is 104 Å². The molecule has 0 spiro atoms. The van der Waals surface area contributed by atoms with E-state index in [1.807, 2.05) is 24.3 Å². The van der Waals surface area contributed by atoms with Gasteiger partial charge in [-0.05, 0) is 260 Å². The fourth-order valence-corrected chi connectivity index (χ4v) is 20.4. The van der Waals surface area contributed by atoms with Gasteiger partial charge in [-0.3, -0.25) is 0 Å². The molecule has 0 N–H and O–H groups in total. The molecule has 0 saturated heterocycles. The van der Waals surface area contributed by atoms with Gasteiger partial charge in [0.2, 0.25) is 0 Å². The number of fused-ring (bicyclic) bond motifs is 14. The smallest absolute Gasteiger partial charge is 0.164 e. The van der Waals surface area contributed by atoms with Crippen LogP contribution >= 0.6 is 0 Å². The van der Waals surface area contributed by atoms with E-state index in [9.17, 15) is 4.39 Å². The zero-order chi connectivity index (χ0) is 84.2. The van der Waals surface area contributed by atoms with Crippen LogP contribution in [-0.4, -0.2) is 29.9 Å². The Bertz CT molecular complexity index is 8020. The van der Waals surface area contributed by atoms with Crippen LogP contribution in [0.3, 0.4) is 0 Å². The third-order valence-electron chi connectivity index (χ3n) is 27.4. The van der Waals surface area contributed by atoms with Gasteiger partial charge < -0.3 is 8.83 Å². The molecule has 0 aliphatic heterocycles. The van der Waals surface area contributed by atoms with Gasteiger partial charge >= 0.3 is 0 Å². The van der Waals surface area contributed by atoms with Crippen LogP contribution in [0.1, 0.15) is 102 Å². The number of benzene rings is 17. The lowest BCUT2D eigenvalue weighted by atomic mass is 9.60. The Balaban J connectivity index is 0.603. The molecule has 4 aromatic heterocycles. The lowest BCUT2D eigenvalue weighted by molar-refractivity contribution is 0.310. The molecule has 600 valence electrons. The summed E-state index contributed by atoms with van der Waals surface area (Å²) in [5.41, 5.74) is 25.8. The number of hydrogen-bond donors (Lipinski definition) is 0. The van der Waals surface area contributed by atoms with Crippen LogP contribution in [0.5, 0.6) is 0 Å². The number of nitrogens with zero attached hydrogens (tertiary/aromatic N) is 6. The van der Waals surface area contributed by atoms with Gasteiger partial charge in [0, 0.05) is 60.5 Å². The van der Waals surface area contributed by atoms with Crippen LogP contribution in [0, 0.1) is 5.82 Å². The highest BCUT2D eigenvalue weighted by Gasteiger charge is 2.41. The van der Waals surface area contributed by atoms with Crippen molar-refractivity contribution in [2.75, 3.05) is 0 Å².